The Bertz CT molecular complexity index is 794. The van der Waals surface area contributed by atoms with Gasteiger partial charge in [0.15, 0.2) is 6.61 Å². The van der Waals surface area contributed by atoms with Gasteiger partial charge in [-0.15, -0.1) is 0 Å². The summed E-state index contributed by atoms with van der Waals surface area (Å²) in [5.74, 6) is -1.14. The van der Waals surface area contributed by atoms with Crippen LogP contribution < -0.4 is 10.1 Å². The molecule has 0 aliphatic rings. The third kappa shape index (κ3) is 5.05. The number of hydrogen-bond donors (Lipinski definition) is 1. The number of esters is 1. The number of halogens is 1. The van der Waals surface area contributed by atoms with Crippen molar-refractivity contribution in [1.29, 1.82) is 0 Å². The predicted molar refractivity (Wildman–Crippen MR) is 97.0 cm³/mol. The van der Waals surface area contributed by atoms with Gasteiger partial charge in [-0.3, -0.25) is 4.79 Å². The highest BCUT2D eigenvalue weighted by Crippen LogP contribution is 2.31. The van der Waals surface area contributed by atoms with E-state index in [0.29, 0.717) is 11.4 Å². The molecule has 0 heterocycles. The van der Waals surface area contributed by atoms with Crippen molar-refractivity contribution in [1.82, 2.24) is 0 Å². The molecule has 2 aromatic rings. The van der Waals surface area contributed by atoms with Gasteiger partial charge in [-0.25, -0.2) is 9.18 Å². The number of nitrogens with one attached hydrogen (secondary N) is 1. The Balaban J connectivity index is 2.03. The fourth-order valence-electron chi connectivity index (χ4n) is 2.26. The van der Waals surface area contributed by atoms with E-state index >= 15 is 0 Å². The Morgan fingerprint density at radius 1 is 1.08 bits per heavy atom. The number of rotatable bonds is 5. The average Bonchev–Trinajstić information content (AvgIpc) is 2.59. The first-order valence-electron chi connectivity index (χ1n) is 8.12. The minimum atomic E-state index is -0.699. The van der Waals surface area contributed by atoms with E-state index in [0.717, 1.165) is 17.7 Å². The lowest BCUT2D eigenvalue weighted by atomic mass is 9.87. The van der Waals surface area contributed by atoms with Crippen LogP contribution in [0.2, 0.25) is 0 Å². The van der Waals surface area contributed by atoms with Crippen molar-refractivity contribution in [3.05, 3.63) is 59.4 Å². The van der Waals surface area contributed by atoms with Crippen LogP contribution in [0.5, 0.6) is 5.75 Å². The van der Waals surface area contributed by atoms with Gasteiger partial charge >= 0.3 is 5.97 Å². The second kappa shape index (κ2) is 7.99. The lowest BCUT2D eigenvalue weighted by molar-refractivity contribution is -0.119. The molecule has 0 atom stereocenters. The van der Waals surface area contributed by atoms with Crippen molar-refractivity contribution in [2.75, 3.05) is 19.0 Å². The SMILES string of the molecule is COc1ccc(C(C)(C)C)cc1NC(=O)COC(=O)c1ccc(F)cc1. The first-order valence-corrected chi connectivity index (χ1v) is 8.12. The van der Waals surface area contributed by atoms with Gasteiger partial charge in [0.1, 0.15) is 11.6 Å². The number of methoxy groups -OCH3 is 1. The molecular weight excluding hydrogens is 337 g/mol. The molecule has 0 aliphatic heterocycles. The van der Waals surface area contributed by atoms with Crippen molar-refractivity contribution >= 4 is 17.6 Å². The maximum absolute atomic E-state index is 12.9. The minimum absolute atomic E-state index is 0.0964. The largest absolute Gasteiger partial charge is 0.495 e. The summed E-state index contributed by atoms with van der Waals surface area (Å²) in [5, 5.41) is 2.69. The number of carbonyl (C=O) groups excluding carboxylic acids is 2. The molecular formula is C20H22FNO4. The Morgan fingerprint density at radius 3 is 2.31 bits per heavy atom. The van der Waals surface area contributed by atoms with E-state index in [4.69, 9.17) is 9.47 Å². The van der Waals surface area contributed by atoms with Gasteiger partial charge in [0, 0.05) is 0 Å². The Hall–Kier alpha value is -2.89. The summed E-state index contributed by atoms with van der Waals surface area (Å²) in [7, 11) is 1.51. The molecule has 1 N–H and O–H groups in total. The smallest absolute Gasteiger partial charge is 0.338 e. The second-order valence-electron chi connectivity index (χ2n) is 6.80. The van der Waals surface area contributed by atoms with Crippen LogP contribution in [-0.2, 0) is 14.9 Å². The molecule has 5 nitrogen and oxygen atoms in total. The van der Waals surface area contributed by atoms with Crippen molar-refractivity contribution < 1.29 is 23.5 Å². The van der Waals surface area contributed by atoms with E-state index in [-0.39, 0.29) is 11.0 Å². The Labute approximate surface area is 152 Å². The molecule has 0 radical (unpaired) electrons. The van der Waals surface area contributed by atoms with Gasteiger partial charge < -0.3 is 14.8 Å². The maximum Gasteiger partial charge on any atom is 0.338 e. The maximum atomic E-state index is 12.9. The highest BCUT2D eigenvalue weighted by Gasteiger charge is 2.17. The van der Waals surface area contributed by atoms with Crippen LogP contribution in [0.4, 0.5) is 10.1 Å². The molecule has 1 amide bonds. The van der Waals surface area contributed by atoms with Crippen LogP contribution in [0, 0.1) is 5.82 Å². The van der Waals surface area contributed by atoms with E-state index in [1.54, 1.807) is 6.07 Å². The van der Waals surface area contributed by atoms with Crippen molar-refractivity contribution in [3.63, 3.8) is 0 Å². The topological polar surface area (TPSA) is 64.6 Å². The van der Waals surface area contributed by atoms with Crippen LogP contribution in [-0.4, -0.2) is 25.6 Å². The molecule has 0 bridgehead atoms. The van der Waals surface area contributed by atoms with Gasteiger partial charge in [0.05, 0.1) is 18.4 Å². The number of hydrogen-bond acceptors (Lipinski definition) is 4. The summed E-state index contributed by atoms with van der Waals surface area (Å²) in [6.07, 6.45) is 0. The average molecular weight is 359 g/mol. The monoisotopic (exact) mass is 359 g/mol. The molecule has 2 rings (SSSR count). The third-order valence-corrected chi connectivity index (χ3v) is 3.75. The highest BCUT2D eigenvalue weighted by molar-refractivity contribution is 5.96. The highest BCUT2D eigenvalue weighted by atomic mass is 19.1. The summed E-state index contributed by atoms with van der Waals surface area (Å²) in [6.45, 7) is 5.72. The lowest BCUT2D eigenvalue weighted by Crippen LogP contribution is -2.22. The summed E-state index contributed by atoms with van der Waals surface area (Å²) >= 11 is 0. The van der Waals surface area contributed by atoms with Gasteiger partial charge in [0.25, 0.3) is 5.91 Å². The zero-order chi connectivity index (χ0) is 19.3. The predicted octanol–water partition coefficient (Wildman–Crippen LogP) is 3.93. The number of anilines is 1. The minimum Gasteiger partial charge on any atom is -0.495 e. The van der Waals surface area contributed by atoms with Crippen molar-refractivity contribution in [3.8, 4) is 5.75 Å². The van der Waals surface area contributed by atoms with Crippen LogP contribution in [0.1, 0.15) is 36.7 Å². The van der Waals surface area contributed by atoms with E-state index in [9.17, 15) is 14.0 Å². The third-order valence-electron chi connectivity index (χ3n) is 3.75. The first-order chi connectivity index (χ1) is 12.2. The molecule has 138 valence electrons. The van der Waals surface area contributed by atoms with E-state index in [1.165, 1.54) is 19.2 Å². The van der Waals surface area contributed by atoms with E-state index in [1.807, 2.05) is 12.1 Å². The van der Waals surface area contributed by atoms with Crippen molar-refractivity contribution in [2.24, 2.45) is 0 Å². The fraction of sp³-hybridized carbons (Fsp3) is 0.300. The standard InChI is InChI=1S/C20H22FNO4/c1-20(2,3)14-7-10-17(25-4)16(11-14)22-18(23)12-26-19(24)13-5-8-15(21)9-6-13/h5-11H,12H2,1-4H3,(H,22,23). The molecule has 6 heteroatoms. The fourth-order valence-corrected chi connectivity index (χ4v) is 2.26. The van der Waals surface area contributed by atoms with Gasteiger partial charge in [0.2, 0.25) is 0 Å². The number of benzene rings is 2. The van der Waals surface area contributed by atoms with Gasteiger partial charge in [-0.05, 0) is 47.4 Å². The van der Waals surface area contributed by atoms with Crippen LogP contribution >= 0.6 is 0 Å². The molecule has 0 spiro atoms. The second-order valence-corrected chi connectivity index (χ2v) is 6.80. The molecule has 26 heavy (non-hydrogen) atoms. The normalized spacial score (nSPS) is 11.0. The van der Waals surface area contributed by atoms with Crippen molar-refractivity contribution in [2.45, 2.75) is 26.2 Å². The van der Waals surface area contributed by atoms with E-state index in [2.05, 4.69) is 26.1 Å². The summed E-state index contributed by atoms with van der Waals surface area (Å²) in [4.78, 5) is 24.0. The molecule has 0 saturated heterocycles. The van der Waals surface area contributed by atoms with Gasteiger partial charge in [-0.1, -0.05) is 26.8 Å². The molecule has 0 fully saturated rings. The molecule has 2 aromatic carbocycles. The number of ether oxygens (including phenoxy) is 2. The summed E-state index contributed by atoms with van der Waals surface area (Å²) in [6, 6.07) is 10.4. The molecule has 0 unspecified atom stereocenters. The van der Waals surface area contributed by atoms with Crippen LogP contribution in [0.3, 0.4) is 0 Å². The summed E-state index contributed by atoms with van der Waals surface area (Å²) < 4.78 is 23.1. The Kier molecular flexibility index (Phi) is 5.97. The quantitative estimate of drug-likeness (QED) is 0.822. The molecule has 0 saturated carbocycles. The molecule has 0 aliphatic carbocycles. The van der Waals surface area contributed by atoms with Gasteiger partial charge in [-0.2, -0.15) is 0 Å². The zero-order valence-corrected chi connectivity index (χ0v) is 15.3. The summed E-state index contributed by atoms with van der Waals surface area (Å²) in [5.41, 5.74) is 1.60. The lowest BCUT2D eigenvalue weighted by Gasteiger charge is -2.21. The Morgan fingerprint density at radius 2 is 1.73 bits per heavy atom. The zero-order valence-electron chi connectivity index (χ0n) is 15.3. The van der Waals surface area contributed by atoms with Crippen LogP contribution in [0.15, 0.2) is 42.5 Å². The van der Waals surface area contributed by atoms with Crippen LogP contribution in [0.25, 0.3) is 0 Å². The first kappa shape index (κ1) is 19.4. The van der Waals surface area contributed by atoms with E-state index < -0.39 is 24.3 Å². The number of amides is 1. The number of carbonyl (C=O) groups is 2. The molecule has 0 aromatic heterocycles.